The van der Waals surface area contributed by atoms with Gasteiger partial charge in [-0.25, -0.2) is 9.82 Å². The number of carbonyl (C=O) groups excluding carboxylic acids is 1. The third-order valence-corrected chi connectivity index (χ3v) is 3.02. The number of nitrogens with zero attached hydrogens (tertiary/aromatic N) is 1. The summed E-state index contributed by atoms with van der Waals surface area (Å²) in [6, 6.07) is 12.1. The van der Waals surface area contributed by atoms with E-state index in [9.17, 15) is 14.3 Å². The van der Waals surface area contributed by atoms with E-state index in [-0.39, 0.29) is 18.1 Å². The molecule has 2 aromatic rings. The van der Waals surface area contributed by atoms with Gasteiger partial charge in [0.15, 0.2) is 6.61 Å². The molecular weight excluding hydrogens is 299 g/mol. The van der Waals surface area contributed by atoms with Gasteiger partial charge in [-0.15, -0.1) is 0 Å². The van der Waals surface area contributed by atoms with Gasteiger partial charge in [-0.05, 0) is 48.4 Å². The van der Waals surface area contributed by atoms with Crippen LogP contribution in [0, 0.1) is 5.82 Å². The minimum Gasteiger partial charge on any atom is -0.508 e. The summed E-state index contributed by atoms with van der Waals surface area (Å²) in [5.41, 5.74) is 3.87. The van der Waals surface area contributed by atoms with Crippen molar-refractivity contribution in [3.63, 3.8) is 0 Å². The Morgan fingerprint density at radius 3 is 2.65 bits per heavy atom. The zero-order chi connectivity index (χ0) is 16.7. The van der Waals surface area contributed by atoms with Crippen molar-refractivity contribution in [2.75, 3.05) is 6.61 Å². The predicted molar refractivity (Wildman–Crippen MR) is 85.0 cm³/mol. The van der Waals surface area contributed by atoms with Crippen LogP contribution in [0.15, 0.2) is 53.6 Å². The lowest BCUT2D eigenvalue weighted by atomic mass is 10.1. The highest BCUT2D eigenvalue weighted by Gasteiger charge is 2.05. The molecule has 2 aromatic carbocycles. The van der Waals surface area contributed by atoms with Gasteiger partial charge in [-0.3, -0.25) is 4.79 Å². The predicted octanol–water partition coefficient (Wildman–Crippen LogP) is 2.84. The highest BCUT2D eigenvalue weighted by Crippen LogP contribution is 2.12. The maximum Gasteiger partial charge on any atom is 0.277 e. The van der Waals surface area contributed by atoms with Gasteiger partial charge >= 0.3 is 0 Å². The molecule has 0 atom stereocenters. The lowest BCUT2D eigenvalue weighted by molar-refractivity contribution is -0.123. The Kier molecular flexibility index (Phi) is 5.68. The maximum absolute atomic E-state index is 13.0. The average Bonchev–Trinajstić information content (AvgIpc) is 2.55. The normalized spacial score (nSPS) is 11.1. The fourth-order valence-electron chi connectivity index (χ4n) is 1.87. The van der Waals surface area contributed by atoms with Gasteiger partial charge in [-0.2, -0.15) is 5.10 Å². The van der Waals surface area contributed by atoms with Gasteiger partial charge in [0.05, 0.1) is 5.71 Å². The van der Waals surface area contributed by atoms with Crippen LogP contribution in [0.1, 0.15) is 18.9 Å². The van der Waals surface area contributed by atoms with Crippen molar-refractivity contribution in [2.24, 2.45) is 5.10 Å². The molecule has 0 spiro atoms. The van der Waals surface area contributed by atoms with Crippen molar-refractivity contribution < 1.29 is 19.0 Å². The Labute approximate surface area is 133 Å². The molecule has 0 bridgehead atoms. The number of halogens is 1. The molecule has 0 saturated carbocycles. The van der Waals surface area contributed by atoms with Gasteiger partial charge in [0.1, 0.15) is 17.3 Å². The molecule has 0 radical (unpaired) electrons. The van der Waals surface area contributed by atoms with Crippen LogP contribution in [0.25, 0.3) is 0 Å². The maximum atomic E-state index is 13.0. The topological polar surface area (TPSA) is 70.9 Å². The van der Waals surface area contributed by atoms with Crippen molar-refractivity contribution >= 4 is 11.6 Å². The number of rotatable bonds is 6. The summed E-state index contributed by atoms with van der Waals surface area (Å²) in [4.78, 5) is 11.7. The van der Waals surface area contributed by atoms with Crippen molar-refractivity contribution in [2.45, 2.75) is 13.3 Å². The number of hydrogen-bond donors (Lipinski definition) is 2. The number of ether oxygens (including phenoxy) is 1. The largest absolute Gasteiger partial charge is 0.508 e. The van der Waals surface area contributed by atoms with E-state index in [4.69, 9.17) is 4.74 Å². The van der Waals surface area contributed by atoms with Gasteiger partial charge in [0, 0.05) is 6.07 Å². The number of hydrogen-bond acceptors (Lipinski definition) is 4. The standard InChI is InChI=1S/C17H17FN2O3/c1-2-16(12-6-8-14(21)9-7-12)19-20-17(22)11-23-15-5-3-4-13(18)10-15/h3-10,21H,2,11H2,1H3,(H,20,22)/b19-16+. The summed E-state index contributed by atoms with van der Waals surface area (Å²) in [7, 11) is 0. The first-order valence-electron chi connectivity index (χ1n) is 7.11. The molecule has 0 aromatic heterocycles. The summed E-state index contributed by atoms with van der Waals surface area (Å²) in [6.45, 7) is 1.64. The molecule has 2 N–H and O–H groups in total. The molecule has 0 fully saturated rings. The van der Waals surface area contributed by atoms with Crippen molar-refractivity contribution in [3.05, 3.63) is 59.9 Å². The lowest BCUT2D eigenvalue weighted by Crippen LogP contribution is -2.26. The third kappa shape index (κ3) is 5.10. The van der Waals surface area contributed by atoms with Gasteiger partial charge in [0.2, 0.25) is 0 Å². The van der Waals surface area contributed by atoms with Crippen LogP contribution in [-0.2, 0) is 4.79 Å². The molecule has 0 aliphatic heterocycles. The smallest absolute Gasteiger partial charge is 0.277 e. The second-order valence-electron chi connectivity index (χ2n) is 4.74. The Morgan fingerprint density at radius 1 is 1.26 bits per heavy atom. The number of phenolic OH excluding ortho intramolecular Hbond substituents is 1. The van der Waals surface area contributed by atoms with E-state index in [1.54, 1.807) is 30.3 Å². The van der Waals surface area contributed by atoms with E-state index in [0.717, 1.165) is 5.56 Å². The zero-order valence-electron chi connectivity index (χ0n) is 12.6. The second-order valence-corrected chi connectivity index (χ2v) is 4.74. The van der Waals surface area contributed by atoms with Crippen molar-refractivity contribution in [3.8, 4) is 11.5 Å². The number of carbonyl (C=O) groups is 1. The first kappa shape index (κ1) is 16.5. The van der Waals surface area contributed by atoms with Gasteiger partial charge in [0.25, 0.3) is 5.91 Å². The van der Waals surface area contributed by atoms with Crippen LogP contribution in [0.5, 0.6) is 11.5 Å². The molecule has 0 saturated heterocycles. The van der Waals surface area contributed by atoms with Crippen LogP contribution >= 0.6 is 0 Å². The van der Waals surface area contributed by atoms with Gasteiger partial charge < -0.3 is 9.84 Å². The number of nitrogens with one attached hydrogen (secondary N) is 1. The molecule has 1 amide bonds. The van der Waals surface area contributed by atoms with E-state index in [2.05, 4.69) is 10.5 Å². The molecule has 5 nitrogen and oxygen atoms in total. The first-order valence-corrected chi connectivity index (χ1v) is 7.11. The highest BCUT2D eigenvalue weighted by molar-refractivity contribution is 6.01. The van der Waals surface area contributed by atoms with E-state index >= 15 is 0 Å². The molecule has 120 valence electrons. The summed E-state index contributed by atoms with van der Waals surface area (Å²) in [5.74, 6) is -0.435. The molecule has 0 aliphatic rings. The molecule has 0 heterocycles. The van der Waals surface area contributed by atoms with Crippen LogP contribution in [0.2, 0.25) is 0 Å². The third-order valence-electron chi connectivity index (χ3n) is 3.02. The number of hydrazone groups is 1. The SMILES string of the molecule is CC/C(=N\NC(=O)COc1cccc(F)c1)c1ccc(O)cc1. The van der Waals surface area contributed by atoms with E-state index < -0.39 is 11.7 Å². The van der Waals surface area contributed by atoms with Crippen LogP contribution < -0.4 is 10.2 Å². The number of phenols is 1. The van der Waals surface area contributed by atoms with Crippen LogP contribution in [0.3, 0.4) is 0 Å². The Hall–Kier alpha value is -2.89. The lowest BCUT2D eigenvalue weighted by Gasteiger charge is -2.07. The molecule has 0 aliphatic carbocycles. The van der Waals surface area contributed by atoms with Crippen molar-refractivity contribution in [1.82, 2.24) is 5.43 Å². The Bertz CT molecular complexity index is 699. The number of aromatic hydroxyl groups is 1. The molecular formula is C17H17FN2O3. The monoisotopic (exact) mass is 316 g/mol. The molecule has 23 heavy (non-hydrogen) atoms. The fraction of sp³-hybridized carbons (Fsp3) is 0.176. The summed E-state index contributed by atoms with van der Waals surface area (Å²) in [6.07, 6.45) is 0.607. The molecule has 2 rings (SSSR count). The molecule has 0 unspecified atom stereocenters. The highest BCUT2D eigenvalue weighted by atomic mass is 19.1. The Balaban J connectivity index is 1.92. The van der Waals surface area contributed by atoms with Crippen LogP contribution in [0.4, 0.5) is 4.39 Å². The second kappa shape index (κ2) is 7.93. The van der Waals surface area contributed by atoms with Crippen LogP contribution in [-0.4, -0.2) is 23.3 Å². The first-order chi connectivity index (χ1) is 11.1. The molecule has 6 heteroatoms. The minimum absolute atomic E-state index is 0.164. The van der Waals surface area contributed by atoms with Crippen molar-refractivity contribution in [1.29, 1.82) is 0 Å². The van der Waals surface area contributed by atoms with E-state index in [1.165, 1.54) is 18.2 Å². The summed E-state index contributed by atoms with van der Waals surface area (Å²) < 4.78 is 18.2. The Morgan fingerprint density at radius 2 is 2.00 bits per heavy atom. The fourth-order valence-corrected chi connectivity index (χ4v) is 1.87. The average molecular weight is 316 g/mol. The zero-order valence-corrected chi connectivity index (χ0v) is 12.6. The summed E-state index contributed by atoms with van der Waals surface area (Å²) >= 11 is 0. The number of amides is 1. The summed E-state index contributed by atoms with van der Waals surface area (Å²) in [5, 5.41) is 13.3. The van der Waals surface area contributed by atoms with E-state index in [0.29, 0.717) is 12.1 Å². The van der Waals surface area contributed by atoms with E-state index in [1.807, 2.05) is 6.92 Å². The minimum atomic E-state index is -0.445. The number of benzene rings is 2. The quantitative estimate of drug-likeness (QED) is 0.636. The van der Waals surface area contributed by atoms with Gasteiger partial charge in [-0.1, -0.05) is 13.0 Å².